The van der Waals surface area contributed by atoms with Crippen LogP contribution in [-0.4, -0.2) is 20.7 Å². The van der Waals surface area contributed by atoms with Crippen molar-refractivity contribution in [2.45, 2.75) is 19.6 Å². The van der Waals surface area contributed by atoms with Gasteiger partial charge in [0.1, 0.15) is 19.2 Å². The molecule has 0 bridgehead atoms. The van der Waals surface area contributed by atoms with E-state index in [1.807, 2.05) is 24.3 Å². The Labute approximate surface area is 105 Å². The predicted octanol–water partition coefficient (Wildman–Crippen LogP) is 0.0532. The van der Waals surface area contributed by atoms with Crippen LogP contribution in [0.4, 0.5) is 0 Å². The molecule has 6 heteroatoms. The van der Waals surface area contributed by atoms with Crippen molar-refractivity contribution in [1.29, 1.82) is 0 Å². The average molecular weight is 245 g/mol. The number of aromatic nitrogens is 3. The Morgan fingerprint density at radius 1 is 1.33 bits per heavy atom. The van der Waals surface area contributed by atoms with Crippen LogP contribution in [0.1, 0.15) is 11.1 Å². The average Bonchev–Trinajstić information content (AvgIpc) is 2.89. The zero-order chi connectivity index (χ0) is 12.8. The molecular weight excluding hydrogens is 230 g/mol. The van der Waals surface area contributed by atoms with E-state index >= 15 is 0 Å². The van der Waals surface area contributed by atoms with Crippen molar-refractivity contribution in [3.8, 4) is 0 Å². The van der Waals surface area contributed by atoms with Gasteiger partial charge in [-0.25, -0.2) is 9.67 Å². The number of hydrogen-bond acceptors (Lipinski definition) is 4. The van der Waals surface area contributed by atoms with E-state index in [0.29, 0.717) is 13.1 Å². The maximum absolute atomic E-state index is 11.7. The Balaban J connectivity index is 1.89. The van der Waals surface area contributed by atoms with Crippen LogP contribution in [0.5, 0.6) is 0 Å². The van der Waals surface area contributed by atoms with Crippen molar-refractivity contribution in [2.75, 3.05) is 0 Å². The topological polar surface area (TPSA) is 85.8 Å². The fourth-order valence-corrected chi connectivity index (χ4v) is 1.64. The first-order chi connectivity index (χ1) is 8.79. The SMILES string of the molecule is NCc1ccccc1CNC(=O)Cn1cncn1. The van der Waals surface area contributed by atoms with Crippen LogP contribution >= 0.6 is 0 Å². The number of nitrogens with zero attached hydrogens (tertiary/aromatic N) is 3. The molecular formula is C12H15N5O. The summed E-state index contributed by atoms with van der Waals surface area (Å²) in [4.78, 5) is 15.4. The molecule has 2 aromatic rings. The molecule has 6 nitrogen and oxygen atoms in total. The van der Waals surface area contributed by atoms with Gasteiger partial charge in [-0.1, -0.05) is 24.3 Å². The number of benzene rings is 1. The standard InChI is InChI=1S/C12H15N5O/c13-5-10-3-1-2-4-11(10)6-15-12(18)7-17-9-14-8-16-17/h1-4,8-9H,5-7,13H2,(H,15,18). The zero-order valence-electron chi connectivity index (χ0n) is 9.91. The second-order valence-electron chi connectivity index (χ2n) is 3.84. The number of carbonyl (C=O) groups is 1. The summed E-state index contributed by atoms with van der Waals surface area (Å²) in [5, 5.41) is 6.70. The minimum Gasteiger partial charge on any atom is -0.350 e. The lowest BCUT2D eigenvalue weighted by Gasteiger charge is -2.09. The van der Waals surface area contributed by atoms with E-state index in [-0.39, 0.29) is 12.5 Å². The molecule has 0 fully saturated rings. The van der Waals surface area contributed by atoms with E-state index in [1.54, 1.807) is 0 Å². The third-order valence-corrected chi connectivity index (χ3v) is 2.59. The molecule has 0 atom stereocenters. The van der Waals surface area contributed by atoms with Crippen LogP contribution in [0.3, 0.4) is 0 Å². The van der Waals surface area contributed by atoms with Gasteiger partial charge in [0.2, 0.25) is 5.91 Å². The number of amides is 1. The van der Waals surface area contributed by atoms with E-state index in [1.165, 1.54) is 17.3 Å². The van der Waals surface area contributed by atoms with Crippen molar-refractivity contribution in [1.82, 2.24) is 20.1 Å². The van der Waals surface area contributed by atoms with Gasteiger partial charge in [0.15, 0.2) is 0 Å². The minimum absolute atomic E-state index is 0.104. The molecule has 0 saturated carbocycles. The smallest absolute Gasteiger partial charge is 0.242 e. The first-order valence-electron chi connectivity index (χ1n) is 5.65. The molecule has 0 aliphatic heterocycles. The van der Waals surface area contributed by atoms with Gasteiger partial charge in [-0.2, -0.15) is 5.10 Å². The maximum Gasteiger partial charge on any atom is 0.242 e. The van der Waals surface area contributed by atoms with Crippen molar-refractivity contribution in [2.24, 2.45) is 5.73 Å². The molecule has 2 rings (SSSR count). The van der Waals surface area contributed by atoms with Gasteiger partial charge in [0.25, 0.3) is 0 Å². The van der Waals surface area contributed by atoms with Gasteiger partial charge in [0, 0.05) is 13.1 Å². The minimum atomic E-state index is -0.104. The third-order valence-electron chi connectivity index (χ3n) is 2.59. The monoisotopic (exact) mass is 245 g/mol. The summed E-state index contributed by atoms with van der Waals surface area (Å²) in [7, 11) is 0. The number of rotatable bonds is 5. The molecule has 0 spiro atoms. The largest absolute Gasteiger partial charge is 0.350 e. The molecule has 0 aliphatic carbocycles. The van der Waals surface area contributed by atoms with Crippen molar-refractivity contribution >= 4 is 5.91 Å². The summed E-state index contributed by atoms with van der Waals surface area (Å²) in [5.41, 5.74) is 7.71. The van der Waals surface area contributed by atoms with Crippen molar-refractivity contribution < 1.29 is 4.79 Å². The quantitative estimate of drug-likeness (QED) is 0.779. The Morgan fingerprint density at radius 2 is 2.11 bits per heavy atom. The third kappa shape index (κ3) is 3.14. The second-order valence-corrected chi connectivity index (χ2v) is 3.84. The molecule has 1 aromatic carbocycles. The first-order valence-corrected chi connectivity index (χ1v) is 5.65. The van der Waals surface area contributed by atoms with E-state index in [4.69, 9.17) is 5.73 Å². The zero-order valence-corrected chi connectivity index (χ0v) is 9.91. The summed E-state index contributed by atoms with van der Waals surface area (Å²) < 4.78 is 1.48. The molecule has 1 amide bonds. The lowest BCUT2D eigenvalue weighted by atomic mass is 10.1. The molecule has 1 aromatic heterocycles. The molecule has 0 saturated heterocycles. The first kappa shape index (κ1) is 12.3. The highest BCUT2D eigenvalue weighted by molar-refractivity contribution is 5.75. The summed E-state index contributed by atoms with van der Waals surface area (Å²) >= 11 is 0. The normalized spacial score (nSPS) is 10.3. The van der Waals surface area contributed by atoms with Crippen LogP contribution < -0.4 is 11.1 Å². The van der Waals surface area contributed by atoms with Gasteiger partial charge in [0.05, 0.1) is 0 Å². The van der Waals surface area contributed by atoms with Crippen LogP contribution in [0, 0.1) is 0 Å². The highest BCUT2D eigenvalue weighted by atomic mass is 16.2. The Kier molecular flexibility index (Phi) is 4.03. The van der Waals surface area contributed by atoms with E-state index in [9.17, 15) is 4.79 Å². The second kappa shape index (κ2) is 5.92. The van der Waals surface area contributed by atoms with Crippen LogP contribution in [0.2, 0.25) is 0 Å². The summed E-state index contributed by atoms with van der Waals surface area (Å²) in [6.45, 7) is 1.11. The summed E-state index contributed by atoms with van der Waals surface area (Å²) in [6, 6.07) is 7.78. The Bertz CT molecular complexity index is 509. The van der Waals surface area contributed by atoms with Crippen LogP contribution in [0.15, 0.2) is 36.9 Å². The van der Waals surface area contributed by atoms with Gasteiger partial charge >= 0.3 is 0 Å². The fraction of sp³-hybridized carbons (Fsp3) is 0.250. The molecule has 0 aliphatic rings. The lowest BCUT2D eigenvalue weighted by Crippen LogP contribution is -2.27. The summed E-state index contributed by atoms with van der Waals surface area (Å²) in [5.74, 6) is -0.104. The molecule has 94 valence electrons. The number of hydrogen-bond donors (Lipinski definition) is 2. The van der Waals surface area contributed by atoms with E-state index < -0.39 is 0 Å². The molecule has 18 heavy (non-hydrogen) atoms. The molecule has 3 N–H and O–H groups in total. The number of nitrogens with two attached hydrogens (primary N) is 1. The fourth-order valence-electron chi connectivity index (χ4n) is 1.64. The van der Waals surface area contributed by atoms with Crippen LogP contribution in [-0.2, 0) is 24.4 Å². The number of carbonyl (C=O) groups excluding carboxylic acids is 1. The maximum atomic E-state index is 11.7. The van der Waals surface area contributed by atoms with Gasteiger partial charge < -0.3 is 11.1 Å². The van der Waals surface area contributed by atoms with Gasteiger partial charge in [-0.05, 0) is 11.1 Å². The van der Waals surface area contributed by atoms with Gasteiger partial charge in [-0.3, -0.25) is 4.79 Å². The highest BCUT2D eigenvalue weighted by Crippen LogP contribution is 2.07. The molecule has 0 unspecified atom stereocenters. The lowest BCUT2D eigenvalue weighted by molar-refractivity contribution is -0.122. The molecule has 0 radical (unpaired) electrons. The molecule has 1 heterocycles. The van der Waals surface area contributed by atoms with Crippen molar-refractivity contribution in [3.05, 3.63) is 48.0 Å². The van der Waals surface area contributed by atoms with E-state index in [0.717, 1.165) is 11.1 Å². The summed E-state index contributed by atoms with van der Waals surface area (Å²) in [6.07, 6.45) is 2.91. The van der Waals surface area contributed by atoms with Crippen LogP contribution in [0.25, 0.3) is 0 Å². The predicted molar refractivity (Wildman–Crippen MR) is 66.2 cm³/mol. The number of nitrogens with one attached hydrogen (secondary N) is 1. The Morgan fingerprint density at radius 3 is 2.78 bits per heavy atom. The van der Waals surface area contributed by atoms with E-state index in [2.05, 4.69) is 15.4 Å². The highest BCUT2D eigenvalue weighted by Gasteiger charge is 2.05. The van der Waals surface area contributed by atoms with Crippen molar-refractivity contribution in [3.63, 3.8) is 0 Å². The Hall–Kier alpha value is -2.21. The van der Waals surface area contributed by atoms with Gasteiger partial charge in [-0.15, -0.1) is 0 Å².